The number of amides is 4. The molecule has 0 radical (unpaired) electrons. The molecule has 1 unspecified atom stereocenters. The van der Waals surface area contributed by atoms with E-state index in [1.54, 1.807) is 0 Å². The van der Waals surface area contributed by atoms with Gasteiger partial charge in [-0.05, 0) is 92.3 Å². The van der Waals surface area contributed by atoms with Gasteiger partial charge in [0.05, 0.1) is 32.8 Å². The van der Waals surface area contributed by atoms with Crippen LogP contribution in [-0.4, -0.2) is 85.3 Å². The highest BCUT2D eigenvalue weighted by atomic mass is 32.2. The second kappa shape index (κ2) is 12.4. The summed E-state index contributed by atoms with van der Waals surface area (Å²) in [5, 5.41) is 9.36. The number of rotatable bonds is 10. The minimum Gasteiger partial charge on any atom is -0.480 e. The first kappa shape index (κ1) is 36.9. The van der Waals surface area contributed by atoms with Crippen LogP contribution < -0.4 is 4.90 Å². The normalized spacial score (nSPS) is 15.7. The molecule has 17 heteroatoms. The molecule has 5 rings (SSSR count). The largest absolute Gasteiger partial charge is 0.480 e. The van der Waals surface area contributed by atoms with Crippen LogP contribution in [0.5, 0.6) is 0 Å². The number of sulfonamides is 1. The Labute approximate surface area is 289 Å². The van der Waals surface area contributed by atoms with Crippen molar-refractivity contribution in [2.75, 3.05) is 25.2 Å². The first-order valence-corrected chi connectivity index (χ1v) is 16.5. The number of carboxylic acids is 1. The summed E-state index contributed by atoms with van der Waals surface area (Å²) in [6.07, 6.45) is -5.02. The van der Waals surface area contributed by atoms with Crippen molar-refractivity contribution >= 4 is 51.8 Å². The van der Waals surface area contributed by atoms with E-state index in [9.17, 15) is 42.3 Å². The van der Waals surface area contributed by atoms with Gasteiger partial charge < -0.3 is 9.84 Å². The number of hydrogen-bond acceptors (Lipinski definition) is 9. The van der Waals surface area contributed by atoms with Gasteiger partial charge in [-0.15, -0.1) is 0 Å². The number of ether oxygens (including phenoxy) is 1. The number of nitrogens with zero attached hydrogens (tertiary/aromatic N) is 3. The molecule has 2 heterocycles. The molecule has 0 bridgehead atoms. The zero-order chi connectivity index (χ0) is 38.1. The predicted molar refractivity (Wildman–Crippen MR) is 172 cm³/mol. The van der Waals surface area contributed by atoms with Gasteiger partial charge in [0.2, 0.25) is 10.0 Å². The number of fused-ring (bicyclic) bond motifs is 2. The lowest BCUT2D eigenvalue weighted by molar-refractivity contribution is -0.173. The van der Waals surface area contributed by atoms with E-state index < -0.39 is 86.1 Å². The molecule has 2 aliphatic rings. The van der Waals surface area contributed by atoms with E-state index in [1.165, 1.54) is 34.7 Å². The molecular formula is C34H30F3N3O10S. The van der Waals surface area contributed by atoms with E-state index in [-0.39, 0.29) is 45.5 Å². The molecule has 3 aromatic rings. The van der Waals surface area contributed by atoms with Gasteiger partial charge in [-0.1, -0.05) is 12.1 Å². The maximum Gasteiger partial charge on any atom is 0.402 e. The van der Waals surface area contributed by atoms with Crippen LogP contribution in [0.1, 0.15) is 81.7 Å². The van der Waals surface area contributed by atoms with E-state index in [0.29, 0.717) is 14.8 Å². The van der Waals surface area contributed by atoms with Crippen molar-refractivity contribution in [1.29, 1.82) is 0 Å². The van der Waals surface area contributed by atoms with Crippen LogP contribution in [0.2, 0.25) is 0 Å². The fourth-order valence-corrected chi connectivity index (χ4v) is 8.30. The quantitative estimate of drug-likeness (QED) is 0.182. The van der Waals surface area contributed by atoms with Crippen LogP contribution in [0.25, 0.3) is 0 Å². The number of carboxylic acid groups (broad SMARTS) is 1. The zero-order valence-electron chi connectivity index (χ0n) is 28.0. The summed E-state index contributed by atoms with van der Waals surface area (Å²) in [7, 11) is -3.56. The number of halogens is 3. The third-order valence-corrected chi connectivity index (χ3v) is 11.7. The standard InChI is InChI=1S/C34H30F3N3O10S/c1-16-17(2)27(19(4)28(18(16)3)51(48,49)39(13-26(42)43)14-50-15-41)40-31(46)23-10-8-21(12-25(23)32(40)47)33(5,34(35,36)37)20-7-9-22-24(11-20)30(45)38(6)29(22)44/h7-12,15H,13-14H2,1-6H3,(H,42,43). The molecule has 0 aromatic heterocycles. The molecule has 0 spiro atoms. The Kier molecular flexibility index (Phi) is 8.97. The minimum atomic E-state index is -5.02. The topological polar surface area (TPSA) is 176 Å². The molecule has 0 aliphatic carbocycles. The highest BCUT2D eigenvalue weighted by molar-refractivity contribution is 7.89. The third-order valence-electron chi connectivity index (χ3n) is 9.63. The molecule has 268 valence electrons. The maximum absolute atomic E-state index is 15.1. The van der Waals surface area contributed by atoms with Crippen LogP contribution in [0.3, 0.4) is 0 Å². The fraction of sp³-hybridized carbons (Fsp3) is 0.294. The first-order chi connectivity index (χ1) is 23.6. The number of carbonyl (C=O) groups excluding carboxylic acids is 5. The molecule has 4 amide bonds. The van der Waals surface area contributed by atoms with Gasteiger partial charge in [-0.25, -0.2) is 13.3 Å². The number of imide groups is 2. The third kappa shape index (κ3) is 5.47. The average Bonchev–Trinajstić information content (AvgIpc) is 3.43. The molecule has 51 heavy (non-hydrogen) atoms. The number of hydrogen-bond donors (Lipinski definition) is 1. The Balaban J connectivity index is 1.66. The van der Waals surface area contributed by atoms with Crippen LogP contribution >= 0.6 is 0 Å². The van der Waals surface area contributed by atoms with Crippen molar-refractivity contribution < 1.29 is 60.2 Å². The summed E-state index contributed by atoms with van der Waals surface area (Å²) in [5.74, 6) is -5.03. The molecule has 3 aromatic carbocycles. The van der Waals surface area contributed by atoms with Crippen molar-refractivity contribution in [3.8, 4) is 0 Å². The second-order valence-electron chi connectivity index (χ2n) is 12.3. The van der Waals surface area contributed by atoms with E-state index in [4.69, 9.17) is 0 Å². The Morgan fingerprint density at radius 2 is 1.31 bits per heavy atom. The van der Waals surface area contributed by atoms with Crippen molar-refractivity contribution in [2.45, 2.75) is 51.1 Å². The Hall–Kier alpha value is -5.42. The Morgan fingerprint density at radius 3 is 1.82 bits per heavy atom. The molecule has 1 N–H and O–H groups in total. The molecule has 2 aliphatic heterocycles. The second-order valence-corrected chi connectivity index (χ2v) is 14.2. The van der Waals surface area contributed by atoms with Gasteiger partial charge >= 0.3 is 12.1 Å². The summed E-state index contributed by atoms with van der Waals surface area (Å²) in [4.78, 5) is 76.3. The molecule has 0 saturated carbocycles. The lowest BCUT2D eigenvalue weighted by Crippen LogP contribution is -2.41. The van der Waals surface area contributed by atoms with Crippen LogP contribution in [0.15, 0.2) is 41.3 Å². The van der Waals surface area contributed by atoms with Crippen molar-refractivity contribution in [3.05, 3.63) is 92.0 Å². The summed E-state index contributed by atoms with van der Waals surface area (Å²) in [5.41, 5.74) is -4.26. The van der Waals surface area contributed by atoms with Crippen molar-refractivity contribution in [2.24, 2.45) is 0 Å². The van der Waals surface area contributed by atoms with E-state index in [2.05, 4.69) is 4.74 Å². The van der Waals surface area contributed by atoms with Crippen molar-refractivity contribution in [1.82, 2.24) is 9.21 Å². The molecule has 13 nitrogen and oxygen atoms in total. The number of aliphatic carboxylic acids is 1. The van der Waals surface area contributed by atoms with Gasteiger partial charge in [0.1, 0.15) is 12.0 Å². The lowest BCUT2D eigenvalue weighted by atomic mass is 9.74. The van der Waals surface area contributed by atoms with E-state index in [1.807, 2.05) is 0 Å². The molecule has 1 atom stereocenters. The number of alkyl halides is 3. The predicted octanol–water partition coefficient (Wildman–Crippen LogP) is 4.02. The number of carbonyl (C=O) groups is 6. The van der Waals surface area contributed by atoms with Gasteiger partial charge in [0, 0.05) is 7.05 Å². The molecule has 0 fully saturated rings. The fourth-order valence-electron chi connectivity index (χ4n) is 6.54. The van der Waals surface area contributed by atoms with Gasteiger partial charge in [-0.3, -0.25) is 33.7 Å². The Bertz CT molecular complexity index is 2220. The average molecular weight is 730 g/mol. The SMILES string of the molecule is Cc1c(C)c(N2C(=O)c3ccc(C(C)(c4ccc5c(c4)C(=O)N(C)C5=O)C(F)(F)F)cc3C2=O)c(C)c(S(=O)(=O)N(COC=O)CC(=O)O)c1C. The highest BCUT2D eigenvalue weighted by Crippen LogP contribution is 2.48. The first-order valence-electron chi connectivity index (χ1n) is 15.1. The van der Waals surface area contributed by atoms with E-state index in [0.717, 1.165) is 48.2 Å². The summed E-state index contributed by atoms with van der Waals surface area (Å²) in [6.45, 7) is 4.44. The van der Waals surface area contributed by atoms with Gasteiger partial charge in [-0.2, -0.15) is 17.5 Å². The smallest absolute Gasteiger partial charge is 0.402 e. The van der Waals surface area contributed by atoms with Gasteiger partial charge in [0.15, 0.2) is 6.73 Å². The van der Waals surface area contributed by atoms with Crippen LogP contribution in [-0.2, 0) is 29.8 Å². The molecule has 0 saturated heterocycles. The number of benzene rings is 3. The van der Waals surface area contributed by atoms with Gasteiger partial charge in [0.25, 0.3) is 30.1 Å². The minimum absolute atomic E-state index is 0.0657. The van der Waals surface area contributed by atoms with Crippen molar-refractivity contribution in [3.63, 3.8) is 0 Å². The van der Waals surface area contributed by atoms with Crippen LogP contribution in [0, 0.1) is 27.7 Å². The van der Waals surface area contributed by atoms with Crippen LogP contribution in [0.4, 0.5) is 18.9 Å². The summed E-state index contributed by atoms with van der Waals surface area (Å²) in [6, 6.07) is 6.18. The van der Waals surface area contributed by atoms with E-state index >= 15 is 13.2 Å². The summed E-state index contributed by atoms with van der Waals surface area (Å²) < 4.78 is 77.8. The maximum atomic E-state index is 15.1. The zero-order valence-corrected chi connectivity index (χ0v) is 28.8. The Morgan fingerprint density at radius 1 is 0.824 bits per heavy atom. The number of anilines is 1. The highest BCUT2D eigenvalue weighted by Gasteiger charge is 2.55. The molecular weight excluding hydrogens is 699 g/mol. The lowest BCUT2D eigenvalue weighted by Gasteiger charge is -2.33. The monoisotopic (exact) mass is 729 g/mol. The summed E-state index contributed by atoms with van der Waals surface area (Å²) >= 11 is 0.